The maximum absolute atomic E-state index is 12.7. The van der Waals surface area contributed by atoms with Gasteiger partial charge in [0.1, 0.15) is 16.5 Å². The first-order valence-corrected chi connectivity index (χ1v) is 10.4. The summed E-state index contributed by atoms with van der Waals surface area (Å²) in [5.41, 5.74) is 1.89. The number of benzene rings is 2. The third-order valence-electron chi connectivity index (χ3n) is 4.77. The van der Waals surface area contributed by atoms with Crippen molar-refractivity contribution in [3.63, 3.8) is 0 Å². The van der Waals surface area contributed by atoms with Crippen molar-refractivity contribution in [2.75, 3.05) is 7.11 Å². The second kappa shape index (κ2) is 7.09. The van der Waals surface area contributed by atoms with Crippen molar-refractivity contribution >= 4 is 62.6 Å². The van der Waals surface area contributed by atoms with Gasteiger partial charge in [-0.3, -0.25) is 9.59 Å². The maximum atomic E-state index is 12.7. The molecule has 5 rings (SSSR count). The van der Waals surface area contributed by atoms with Gasteiger partial charge in [0.05, 0.1) is 27.4 Å². The molecule has 0 fully saturated rings. The topological polar surface area (TPSA) is 69.4 Å². The summed E-state index contributed by atoms with van der Waals surface area (Å²) in [5, 5.41) is 1.26. The molecule has 0 radical (unpaired) electrons. The third kappa shape index (κ3) is 3.04. The van der Waals surface area contributed by atoms with E-state index < -0.39 is 11.6 Å². The third-order valence-corrected chi connectivity index (χ3v) is 6.53. The van der Waals surface area contributed by atoms with Crippen LogP contribution in [0, 0.1) is 0 Å². The van der Waals surface area contributed by atoms with E-state index in [1.54, 1.807) is 13.2 Å². The van der Waals surface area contributed by atoms with Gasteiger partial charge in [-0.25, -0.2) is 4.98 Å². The molecule has 8 heteroatoms. The molecule has 0 atom stereocenters. The van der Waals surface area contributed by atoms with Gasteiger partial charge in [-0.2, -0.15) is 0 Å². The summed E-state index contributed by atoms with van der Waals surface area (Å²) >= 11 is 13.4. The fourth-order valence-corrected chi connectivity index (χ4v) is 4.54. The highest BCUT2D eigenvalue weighted by Gasteiger charge is 2.34. The van der Waals surface area contributed by atoms with E-state index in [-0.39, 0.29) is 26.7 Å². The van der Waals surface area contributed by atoms with Crippen molar-refractivity contribution in [1.82, 2.24) is 4.98 Å². The highest BCUT2D eigenvalue weighted by Crippen LogP contribution is 2.36. The molecule has 0 saturated heterocycles. The Balaban J connectivity index is 1.48. The molecule has 0 N–H and O–H groups in total. The van der Waals surface area contributed by atoms with Crippen molar-refractivity contribution in [3.05, 3.63) is 75.0 Å². The Morgan fingerprint density at radius 3 is 2.20 bits per heavy atom. The van der Waals surface area contributed by atoms with E-state index >= 15 is 0 Å². The highest BCUT2D eigenvalue weighted by molar-refractivity contribution is 7.21. The van der Waals surface area contributed by atoms with Gasteiger partial charge in [-0.15, -0.1) is 11.3 Å². The number of methoxy groups -OCH3 is 1. The molecule has 1 aliphatic rings. The van der Waals surface area contributed by atoms with Crippen LogP contribution < -0.4 is 4.74 Å². The Morgan fingerprint density at radius 1 is 1.00 bits per heavy atom. The van der Waals surface area contributed by atoms with Crippen LogP contribution >= 0.6 is 34.5 Å². The molecule has 0 spiro atoms. The summed E-state index contributed by atoms with van der Waals surface area (Å²) in [6.45, 7) is 0. The minimum absolute atomic E-state index is 0.0140. The van der Waals surface area contributed by atoms with Crippen LogP contribution in [-0.4, -0.2) is 23.7 Å². The predicted octanol–water partition coefficient (Wildman–Crippen LogP) is 6.33. The molecule has 148 valence electrons. The molecule has 5 nitrogen and oxygen atoms in total. The molecule has 30 heavy (non-hydrogen) atoms. The normalized spacial score (nSPS) is 13.2. The van der Waals surface area contributed by atoms with E-state index in [4.69, 9.17) is 32.4 Å². The predicted molar refractivity (Wildman–Crippen MR) is 117 cm³/mol. The van der Waals surface area contributed by atoms with Crippen LogP contribution in [0.5, 0.6) is 5.75 Å². The molecule has 0 bridgehead atoms. The summed E-state index contributed by atoms with van der Waals surface area (Å²) in [7, 11) is 1.61. The molecular weight excluding hydrogens is 445 g/mol. The van der Waals surface area contributed by atoms with Gasteiger partial charge in [0.15, 0.2) is 11.6 Å². The van der Waals surface area contributed by atoms with E-state index in [1.807, 2.05) is 24.3 Å². The number of carbonyl (C=O) groups is 2. The summed E-state index contributed by atoms with van der Waals surface area (Å²) in [6.07, 6.45) is 1.44. The zero-order valence-electron chi connectivity index (χ0n) is 15.4. The lowest BCUT2D eigenvalue weighted by Crippen LogP contribution is -1.99. The highest BCUT2D eigenvalue weighted by atomic mass is 35.5. The zero-order valence-corrected chi connectivity index (χ0v) is 17.7. The number of aromatic nitrogens is 1. The number of thiazole rings is 1. The average molecular weight is 456 g/mol. The van der Waals surface area contributed by atoms with E-state index in [1.165, 1.54) is 29.5 Å². The van der Waals surface area contributed by atoms with E-state index in [2.05, 4.69) is 4.98 Å². The van der Waals surface area contributed by atoms with Crippen LogP contribution in [0.1, 0.15) is 26.5 Å². The first-order valence-electron chi connectivity index (χ1n) is 8.79. The molecule has 2 aromatic carbocycles. The van der Waals surface area contributed by atoms with Gasteiger partial charge in [-0.1, -0.05) is 23.2 Å². The first kappa shape index (κ1) is 19.1. The van der Waals surface area contributed by atoms with E-state index in [0.717, 1.165) is 21.0 Å². The lowest BCUT2D eigenvalue weighted by Gasteiger charge is -1.99. The Morgan fingerprint density at radius 2 is 1.63 bits per heavy atom. The van der Waals surface area contributed by atoms with Gasteiger partial charge >= 0.3 is 0 Å². The second-order valence-electron chi connectivity index (χ2n) is 6.59. The molecule has 0 unspecified atom stereocenters. The Labute approximate surface area is 184 Å². The standard InChI is InChI=1S/C22H11Cl2NO4S/c1-28-11-4-2-10(3-5-11)22-25-21-18(30-22)7-12(29-21)6-15-19(26)13-8-16(23)17(24)9-14(13)20(15)27/h2-9H,1H3. The number of allylic oxidation sites excluding steroid dienone is 1. The lowest BCUT2D eigenvalue weighted by molar-refractivity contribution is 0.0990. The summed E-state index contributed by atoms with van der Waals surface area (Å²) < 4.78 is 11.7. The van der Waals surface area contributed by atoms with Gasteiger partial charge in [-0.05, 0) is 42.5 Å². The largest absolute Gasteiger partial charge is 0.497 e. The molecular formula is C22H11Cl2NO4S. The van der Waals surface area contributed by atoms with Crippen LogP contribution in [0.2, 0.25) is 10.0 Å². The first-order chi connectivity index (χ1) is 14.4. The fourth-order valence-electron chi connectivity index (χ4n) is 3.27. The van der Waals surface area contributed by atoms with Crippen LogP contribution in [0.25, 0.3) is 27.1 Å². The quantitative estimate of drug-likeness (QED) is 0.266. The number of rotatable bonds is 3. The van der Waals surface area contributed by atoms with Crippen LogP contribution in [0.4, 0.5) is 0 Å². The number of furan rings is 1. The zero-order chi connectivity index (χ0) is 21.0. The number of fused-ring (bicyclic) bond motifs is 2. The summed E-state index contributed by atoms with van der Waals surface area (Å²) in [6, 6.07) is 12.2. The second-order valence-corrected chi connectivity index (χ2v) is 8.44. The van der Waals surface area contributed by atoms with E-state index in [0.29, 0.717) is 11.5 Å². The number of hydrogen-bond donors (Lipinski definition) is 0. The Kier molecular flexibility index (Phi) is 4.50. The molecule has 1 aliphatic carbocycles. The molecule has 2 aromatic heterocycles. The van der Waals surface area contributed by atoms with Gasteiger partial charge in [0, 0.05) is 22.8 Å². The summed E-state index contributed by atoms with van der Waals surface area (Å²) in [5.74, 6) is 0.342. The Hall–Kier alpha value is -2.93. The number of halogens is 2. The minimum atomic E-state index is -0.403. The summed E-state index contributed by atoms with van der Waals surface area (Å²) in [4.78, 5) is 29.8. The SMILES string of the molecule is COc1ccc(-c2nc3oc(C=C4C(=O)c5cc(Cl)c(Cl)cc5C4=O)cc3s2)cc1. The van der Waals surface area contributed by atoms with Crippen molar-refractivity contribution in [1.29, 1.82) is 0 Å². The smallest absolute Gasteiger partial charge is 0.238 e. The number of ketones is 2. The number of Topliss-reactive ketones (excluding diaryl/α,β-unsaturated/α-hetero) is 2. The molecule has 2 heterocycles. The van der Waals surface area contributed by atoms with Crippen molar-refractivity contribution in [2.24, 2.45) is 0 Å². The van der Waals surface area contributed by atoms with E-state index in [9.17, 15) is 9.59 Å². The maximum Gasteiger partial charge on any atom is 0.238 e. The van der Waals surface area contributed by atoms with Crippen molar-refractivity contribution in [3.8, 4) is 16.3 Å². The number of nitrogens with zero attached hydrogens (tertiary/aromatic N) is 1. The van der Waals surface area contributed by atoms with Crippen molar-refractivity contribution in [2.45, 2.75) is 0 Å². The molecule has 0 aliphatic heterocycles. The number of ether oxygens (including phenoxy) is 1. The van der Waals surface area contributed by atoms with Gasteiger partial charge in [0.2, 0.25) is 5.71 Å². The average Bonchev–Trinajstić information content (AvgIpc) is 3.37. The number of hydrogen-bond acceptors (Lipinski definition) is 6. The van der Waals surface area contributed by atoms with Crippen LogP contribution in [0.15, 0.2) is 52.5 Å². The number of carbonyl (C=O) groups excluding carboxylic acids is 2. The van der Waals surface area contributed by atoms with Crippen LogP contribution in [0.3, 0.4) is 0 Å². The fraction of sp³-hybridized carbons (Fsp3) is 0.0455. The molecule has 0 saturated carbocycles. The minimum Gasteiger partial charge on any atom is -0.497 e. The molecule has 4 aromatic rings. The lowest BCUT2D eigenvalue weighted by atomic mass is 10.1. The monoisotopic (exact) mass is 455 g/mol. The van der Waals surface area contributed by atoms with Crippen molar-refractivity contribution < 1.29 is 18.7 Å². The Bertz CT molecular complexity index is 1310. The molecule has 0 amide bonds. The van der Waals surface area contributed by atoms with Gasteiger partial charge in [0.25, 0.3) is 0 Å². The van der Waals surface area contributed by atoms with Gasteiger partial charge < -0.3 is 9.15 Å². The van der Waals surface area contributed by atoms with Crippen LogP contribution in [-0.2, 0) is 0 Å².